The zero-order chi connectivity index (χ0) is 32.3. The molecule has 0 unspecified atom stereocenters. The molecule has 2 fully saturated rings. The third kappa shape index (κ3) is 7.77. The van der Waals surface area contributed by atoms with E-state index in [4.69, 9.17) is 0 Å². The van der Waals surface area contributed by atoms with Crippen LogP contribution in [-0.2, 0) is 32.5 Å². The Morgan fingerprint density at radius 2 is 1.69 bits per heavy atom. The van der Waals surface area contributed by atoms with Crippen LogP contribution in [-0.4, -0.2) is 66.4 Å². The van der Waals surface area contributed by atoms with Crippen molar-refractivity contribution in [3.63, 3.8) is 0 Å². The van der Waals surface area contributed by atoms with Crippen LogP contribution in [0.25, 0.3) is 0 Å². The summed E-state index contributed by atoms with van der Waals surface area (Å²) in [6, 6.07) is 5.96. The van der Waals surface area contributed by atoms with Gasteiger partial charge in [-0.05, 0) is 72.2 Å². The Kier molecular flexibility index (Phi) is 10.00. The Morgan fingerprint density at radius 1 is 1.00 bits per heavy atom. The Morgan fingerprint density at radius 3 is 2.33 bits per heavy atom. The summed E-state index contributed by atoms with van der Waals surface area (Å²) in [6.45, 7) is 2.42. The van der Waals surface area contributed by atoms with Crippen molar-refractivity contribution in [1.29, 1.82) is 0 Å². The summed E-state index contributed by atoms with van der Waals surface area (Å²) in [6.07, 6.45) is 3.62. The van der Waals surface area contributed by atoms with Crippen LogP contribution in [0.2, 0.25) is 0 Å². The number of carbonyl (C=O) groups is 2. The van der Waals surface area contributed by atoms with E-state index in [0.717, 1.165) is 30.5 Å². The second kappa shape index (κ2) is 13.8. The minimum atomic E-state index is -3.46. The number of piperazine rings is 1. The molecule has 3 atom stereocenters. The van der Waals surface area contributed by atoms with Crippen LogP contribution in [0.15, 0.2) is 54.9 Å². The Labute approximate surface area is 259 Å². The summed E-state index contributed by atoms with van der Waals surface area (Å²) < 4.78 is 85.4. The van der Waals surface area contributed by atoms with Gasteiger partial charge in [0.15, 0.2) is 5.78 Å². The number of benzene rings is 2. The molecule has 1 amide bonds. The maximum atomic E-state index is 15.2. The highest BCUT2D eigenvalue weighted by Crippen LogP contribution is 2.34. The maximum Gasteiger partial charge on any atom is 0.217 e. The lowest BCUT2D eigenvalue weighted by molar-refractivity contribution is -0.126. The average molecular weight is 647 g/mol. The van der Waals surface area contributed by atoms with E-state index in [1.165, 1.54) is 29.6 Å². The zero-order valence-electron chi connectivity index (χ0n) is 24.6. The fourth-order valence-electron chi connectivity index (χ4n) is 5.99. The SMILES string of the molecule is CC(=O)N[C@H](C(=O)Cc1cncc(F)c1CC[C@H]1CNCCN1S(=O)(=O)C1CC1)[C@@H](c1ccc(F)cc1)c1cc(F)cc(F)c1. The molecule has 2 aromatic carbocycles. The van der Waals surface area contributed by atoms with Gasteiger partial charge >= 0.3 is 0 Å². The molecule has 0 bridgehead atoms. The van der Waals surface area contributed by atoms with Crippen LogP contribution < -0.4 is 10.6 Å². The van der Waals surface area contributed by atoms with Gasteiger partial charge in [-0.25, -0.2) is 26.0 Å². The van der Waals surface area contributed by atoms with Gasteiger partial charge in [-0.2, -0.15) is 4.31 Å². The number of amides is 1. The summed E-state index contributed by atoms with van der Waals surface area (Å²) in [5, 5.41) is 5.40. The van der Waals surface area contributed by atoms with Gasteiger partial charge in [0, 0.05) is 57.2 Å². The number of carbonyl (C=O) groups excluding carboxylic acids is 2. The van der Waals surface area contributed by atoms with Crippen molar-refractivity contribution in [3.8, 4) is 0 Å². The van der Waals surface area contributed by atoms with Crippen molar-refractivity contribution in [2.75, 3.05) is 19.6 Å². The number of pyridine rings is 1. The van der Waals surface area contributed by atoms with Crippen LogP contribution in [0.4, 0.5) is 17.6 Å². The molecular formula is C32H34F4N4O4S. The summed E-state index contributed by atoms with van der Waals surface area (Å²) in [4.78, 5) is 30.2. The number of hydrogen-bond donors (Lipinski definition) is 2. The van der Waals surface area contributed by atoms with Crippen molar-refractivity contribution in [2.24, 2.45) is 0 Å². The average Bonchev–Trinajstić information content (AvgIpc) is 3.84. The number of halogens is 4. The molecule has 8 nitrogen and oxygen atoms in total. The molecule has 1 aromatic heterocycles. The van der Waals surface area contributed by atoms with E-state index in [1.807, 2.05) is 0 Å². The first-order chi connectivity index (χ1) is 21.4. The number of sulfonamides is 1. The molecule has 0 spiro atoms. The predicted octanol–water partition coefficient (Wildman–Crippen LogP) is 3.79. The van der Waals surface area contributed by atoms with E-state index in [2.05, 4.69) is 15.6 Å². The molecule has 1 saturated heterocycles. The van der Waals surface area contributed by atoms with Gasteiger partial charge < -0.3 is 10.6 Å². The smallest absolute Gasteiger partial charge is 0.217 e. The minimum Gasteiger partial charge on any atom is -0.346 e. The van der Waals surface area contributed by atoms with E-state index in [9.17, 15) is 31.2 Å². The number of nitrogens with one attached hydrogen (secondary N) is 2. The van der Waals surface area contributed by atoms with Crippen molar-refractivity contribution in [1.82, 2.24) is 19.9 Å². The molecule has 1 aliphatic heterocycles. The van der Waals surface area contributed by atoms with Gasteiger partial charge in [-0.1, -0.05) is 12.1 Å². The first-order valence-corrected chi connectivity index (χ1v) is 16.3. The molecule has 13 heteroatoms. The number of hydrogen-bond acceptors (Lipinski definition) is 6. The third-order valence-corrected chi connectivity index (χ3v) is 10.7. The quantitative estimate of drug-likeness (QED) is 0.290. The Balaban J connectivity index is 1.44. The van der Waals surface area contributed by atoms with Crippen LogP contribution in [0, 0.1) is 23.3 Å². The molecule has 45 heavy (non-hydrogen) atoms. The van der Waals surface area contributed by atoms with E-state index in [1.54, 1.807) is 0 Å². The van der Waals surface area contributed by atoms with E-state index in [0.29, 0.717) is 44.1 Å². The number of rotatable bonds is 12. The lowest BCUT2D eigenvalue weighted by atomic mass is 9.81. The molecule has 240 valence electrons. The summed E-state index contributed by atoms with van der Waals surface area (Å²) in [5.74, 6) is -5.37. The first kappa shape index (κ1) is 32.7. The van der Waals surface area contributed by atoms with E-state index in [-0.39, 0.29) is 34.8 Å². The van der Waals surface area contributed by atoms with Gasteiger partial charge in [0.05, 0.1) is 17.5 Å². The van der Waals surface area contributed by atoms with E-state index >= 15 is 4.39 Å². The second-order valence-corrected chi connectivity index (χ2v) is 13.7. The largest absolute Gasteiger partial charge is 0.346 e. The van der Waals surface area contributed by atoms with E-state index < -0.39 is 69.4 Å². The highest BCUT2D eigenvalue weighted by molar-refractivity contribution is 7.90. The van der Waals surface area contributed by atoms with Gasteiger partial charge in [-0.3, -0.25) is 14.6 Å². The molecule has 5 rings (SSSR count). The van der Waals surface area contributed by atoms with Crippen molar-refractivity contribution < 1.29 is 35.6 Å². The van der Waals surface area contributed by atoms with Crippen LogP contribution in [0.3, 0.4) is 0 Å². The fraction of sp³-hybridized carbons (Fsp3) is 0.406. The topological polar surface area (TPSA) is 108 Å². The first-order valence-electron chi connectivity index (χ1n) is 14.8. The van der Waals surface area contributed by atoms with Crippen molar-refractivity contribution >= 4 is 21.7 Å². The monoisotopic (exact) mass is 646 g/mol. The van der Waals surface area contributed by atoms with Crippen molar-refractivity contribution in [3.05, 3.63) is 100 Å². The summed E-state index contributed by atoms with van der Waals surface area (Å²) in [5.41, 5.74) is 0.766. The molecule has 2 N–H and O–H groups in total. The molecule has 2 aliphatic rings. The van der Waals surface area contributed by atoms with Gasteiger partial charge in [-0.15, -0.1) is 0 Å². The number of ketones is 1. The highest BCUT2D eigenvalue weighted by atomic mass is 32.2. The van der Waals surface area contributed by atoms with Crippen LogP contribution in [0.5, 0.6) is 0 Å². The lowest BCUT2D eigenvalue weighted by Crippen LogP contribution is -2.54. The maximum absolute atomic E-state index is 15.2. The third-order valence-electron chi connectivity index (χ3n) is 8.27. The molecule has 0 radical (unpaired) electrons. The highest BCUT2D eigenvalue weighted by Gasteiger charge is 2.43. The predicted molar refractivity (Wildman–Crippen MR) is 159 cm³/mol. The summed E-state index contributed by atoms with van der Waals surface area (Å²) in [7, 11) is -3.46. The van der Waals surface area contributed by atoms with Gasteiger partial charge in [0.2, 0.25) is 15.9 Å². The normalized spacial score (nSPS) is 18.7. The molecule has 1 aliphatic carbocycles. The Bertz CT molecular complexity index is 1650. The van der Waals surface area contributed by atoms with Gasteiger partial charge in [0.25, 0.3) is 0 Å². The van der Waals surface area contributed by atoms with Crippen molar-refractivity contribution in [2.45, 2.75) is 62.3 Å². The van der Waals surface area contributed by atoms with Gasteiger partial charge in [0.1, 0.15) is 23.3 Å². The zero-order valence-corrected chi connectivity index (χ0v) is 25.4. The number of Topliss-reactive ketones (excluding diaryl/α,β-unsaturated/α-hetero) is 1. The molecular weight excluding hydrogens is 612 g/mol. The molecule has 3 aromatic rings. The number of nitrogens with zero attached hydrogens (tertiary/aromatic N) is 2. The van der Waals surface area contributed by atoms with Crippen LogP contribution in [0.1, 0.15) is 54.4 Å². The minimum absolute atomic E-state index is 0.0329. The molecule has 2 heterocycles. The van der Waals surface area contributed by atoms with Crippen LogP contribution >= 0.6 is 0 Å². The molecule has 1 saturated carbocycles. The lowest BCUT2D eigenvalue weighted by Gasteiger charge is -2.35. The summed E-state index contributed by atoms with van der Waals surface area (Å²) >= 11 is 0. The number of aromatic nitrogens is 1. The fourth-order valence-corrected chi connectivity index (χ4v) is 8.05. The second-order valence-electron chi connectivity index (χ2n) is 11.6. The standard InChI is InChI=1S/C32H34F4N4O4S/c1-19(41)39-32(31(20-2-4-23(33)5-3-20)21-12-24(34)15-25(35)13-21)30(42)14-22-16-38-18-29(36)28(22)9-6-26-17-37-10-11-40(26)45(43,44)27-7-8-27/h2-5,12-13,15-16,18,26-27,31-32,37H,6-11,14,17H2,1H3,(H,39,41)/t26-,31-,32+/m0/s1. The Hall–Kier alpha value is -3.68.